The van der Waals surface area contributed by atoms with Crippen LogP contribution >= 0.6 is 15.6 Å². The summed E-state index contributed by atoms with van der Waals surface area (Å²) in [6.45, 7) is 30.8. The number of hydrogen-bond donors (Lipinski definition) is 4. The molecular weight excluding hydrogens is 1450 g/mol. The van der Waals surface area contributed by atoms with Crippen LogP contribution in [0, 0.1) is 11.8 Å². The number of amides is 3. The molecule has 0 spiro atoms. The van der Waals surface area contributed by atoms with Crippen molar-refractivity contribution >= 4 is 45.5 Å². The van der Waals surface area contributed by atoms with Crippen LogP contribution in [0.1, 0.15) is 359 Å². The Morgan fingerprint density at radius 3 is 1.11 bits per heavy atom. The van der Waals surface area contributed by atoms with Gasteiger partial charge in [-0.3, -0.25) is 46.3 Å². The van der Waals surface area contributed by atoms with Gasteiger partial charge in [0.15, 0.2) is 0 Å². The number of hydrogen-bond acceptors (Lipinski definition) is 19. The van der Waals surface area contributed by atoms with Gasteiger partial charge in [-0.2, -0.15) is 0 Å². The second kappa shape index (κ2) is 77.4. The Morgan fingerprint density at radius 2 is 0.757 bits per heavy atom. The molecule has 0 bridgehead atoms. The molecule has 0 fully saturated rings. The first-order valence-corrected chi connectivity index (χ1v) is 46.8. The quantitative estimate of drug-likeness (QED) is 0.0145. The fourth-order valence-corrected chi connectivity index (χ4v) is 14.2. The number of nitrogens with one attached hydrogen (secondary N) is 3. The molecule has 0 aromatic heterocycles. The minimum absolute atomic E-state index is 0.00580. The van der Waals surface area contributed by atoms with E-state index in [9.17, 15) is 33.1 Å². The van der Waals surface area contributed by atoms with Crippen molar-refractivity contribution in [2.45, 2.75) is 389 Å². The molecule has 0 aromatic carbocycles. The molecule has 0 radical (unpaired) electrons. The van der Waals surface area contributed by atoms with Gasteiger partial charge < -0.3 is 45.4 Å². The number of phosphoric ester groups is 2. The number of carbonyl (C=O) groups is 5. The fourth-order valence-electron chi connectivity index (χ4n) is 11.8. The zero-order valence-electron chi connectivity index (χ0n) is 72.3. The van der Waals surface area contributed by atoms with Crippen LogP contribution in [0.2, 0.25) is 0 Å². The van der Waals surface area contributed by atoms with E-state index in [2.05, 4.69) is 109 Å². The summed E-state index contributed by atoms with van der Waals surface area (Å²) in [7, 11) is -8.10. The number of unbranched alkanes of at least 4 members (excludes halogenated alkanes) is 26. The van der Waals surface area contributed by atoms with Crippen LogP contribution in [-0.4, -0.2) is 139 Å². The normalized spacial score (nSPS) is 14.5. The molecule has 22 nitrogen and oxygen atoms in total. The minimum atomic E-state index is -4.15. The van der Waals surface area contributed by atoms with Crippen molar-refractivity contribution in [2.24, 2.45) is 17.6 Å². The van der Waals surface area contributed by atoms with Gasteiger partial charge in [0.25, 0.3) is 0 Å². The summed E-state index contributed by atoms with van der Waals surface area (Å²) in [4.78, 5) is 64.8. The van der Waals surface area contributed by atoms with E-state index in [-0.39, 0.29) is 103 Å². The summed E-state index contributed by atoms with van der Waals surface area (Å²) in [6, 6.07) is -1.33. The second-order valence-corrected chi connectivity index (χ2v) is 34.2. The van der Waals surface area contributed by atoms with Gasteiger partial charge in [-0.15, -0.1) is 13.2 Å². The van der Waals surface area contributed by atoms with E-state index in [0.717, 1.165) is 116 Å². The smallest absolute Gasteiger partial charge is 0.462 e. The zero-order chi connectivity index (χ0) is 82.6. The average molecular weight is 1620 g/mol. The highest BCUT2D eigenvalue weighted by molar-refractivity contribution is 7.48. The van der Waals surface area contributed by atoms with Gasteiger partial charge in [0.1, 0.15) is 17.8 Å². The van der Waals surface area contributed by atoms with E-state index >= 15 is 0 Å². The third-order valence-electron chi connectivity index (χ3n) is 18.4. The minimum Gasteiger partial charge on any atom is -0.462 e. The lowest BCUT2D eigenvalue weighted by atomic mass is 9.99. The van der Waals surface area contributed by atoms with Gasteiger partial charge in [-0.05, 0) is 122 Å². The molecule has 652 valence electrons. The van der Waals surface area contributed by atoms with E-state index in [1.807, 2.05) is 0 Å². The topological polar surface area (TPSA) is 283 Å². The maximum Gasteiger partial charge on any atom is 0.475 e. The molecule has 4 unspecified atom stereocenters. The Kier molecular flexibility index (Phi) is 76.2. The lowest BCUT2D eigenvalue weighted by Gasteiger charge is -2.24. The van der Waals surface area contributed by atoms with Crippen LogP contribution in [0.4, 0.5) is 4.79 Å². The molecule has 0 heterocycles. The van der Waals surface area contributed by atoms with Gasteiger partial charge in [0.2, 0.25) is 11.8 Å². The van der Waals surface area contributed by atoms with Crippen LogP contribution in [0.15, 0.2) is 49.6 Å². The Balaban J connectivity index is 0. The van der Waals surface area contributed by atoms with E-state index in [0.29, 0.717) is 63.6 Å². The predicted molar refractivity (Wildman–Crippen MR) is 454 cm³/mol. The number of esters is 2. The molecule has 0 saturated carbocycles. The predicted octanol–water partition coefficient (Wildman–Crippen LogP) is 22.6. The number of alkyl carbamates (subject to hydrolysis) is 1. The Morgan fingerprint density at radius 1 is 0.414 bits per heavy atom. The largest absolute Gasteiger partial charge is 0.475 e. The molecule has 0 aliphatic carbocycles. The first-order chi connectivity index (χ1) is 53.5. The summed E-state index contributed by atoms with van der Waals surface area (Å²) < 4.78 is 88.9. The van der Waals surface area contributed by atoms with Crippen LogP contribution in [0.25, 0.3) is 0 Å². The van der Waals surface area contributed by atoms with E-state index < -0.39 is 51.6 Å². The maximum absolute atomic E-state index is 13.6. The molecule has 3 amide bonds. The lowest BCUT2D eigenvalue weighted by molar-refractivity contribution is -0.152. The van der Waals surface area contributed by atoms with Gasteiger partial charge in [-0.25, -0.2) is 13.9 Å². The SMILES string of the molecule is C=CCOP(=O)(OCCN)OCC(COCC[C@H](C)CCCCCCC)NC(=O)C[C@@H](CCCCCCC)OC(=O)CCC/C=C\CCCCCC.C=CCOP(=O)(OCCNC(=O)OC(C)(C)C)OCC(COCC[C@H](C)CCCCCCC)NC(=O)C[C@@H](CCCCCCC)OC(=O)CCC/C=C\CCCCCC. The molecule has 8 atom stereocenters. The van der Waals surface area contributed by atoms with Crippen molar-refractivity contribution in [3.05, 3.63) is 49.6 Å². The molecule has 0 aromatic rings. The zero-order valence-corrected chi connectivity index (χ0v) is 74.0. The summed E-state index contributed by atoms with van der Waals surface area (Å²) in [5, 5.41) is 8.50. The lowest BCUT2D eigenvalue weighted by Crippen LogP contribution is -2.43. The highest BCUT2D eigenvalue weighted by atomic mass is 31.2. The first kappa shape index (κ1) is 109. The van der Waals surface area contributed by atoms with Crippen LogP contribution in [0.5, 0.6) is 0 Å². The highest BCUT2D eigenvalue weighted by Crippen LogP contribution is 2.50. The number of phosphoric acid groups is 2. The Bertz CT molecular complexity index is 2400. The second-order valence-electron chi connectivity index (χ2n) is 30.9. The first-order valence-electron chi connectivity index (χ1n) is 43.9. The van der Waals surface area contributed by atoms with Crippen molar-refractivity contribution in [1.82, 2.24) is 16.0 Å². The van der Waals surface area contributed by atoms with Crippen LogP contribution in [-0.2, 0) is 79.1 Å². The monoisotopic (exact) mass is 1620 g/mol. The van der Waals surface area contributed by atoms with E-state index in [1.54, 1.807) is 20.8 Å². The van der Waals surface area contributed by atoms with Crippen molar-refractivity contribution in [1.29, 1.82) is 0 Å². The molecule has 5 N–H and O–H groups in total. The van der Waals surface area contributed by atoms with E-state index in [4.69, 9.17) is 56.6 Å². The molecule has 111 heavy (non-hydrogen) atoms. The number of carbonyl (C=O) groups excluding carboxylic acids is 5. The Labute approximate surface area is 677 Å². The average Bonchev–Trinajstić information content (AvgIpc) is 0.889. The summed E-state index contributed by atoms with van der Waals surface area (Å²) in [6.07, 6.45) is 53.8. The van der Waals surface area contributed by atoms with Crippen LogP contribution < -0.4 is 21.7 Å². The molecule has 0 aliphatic heterocycles. The van der Waals surface area contributed by atoms with Crippen LogP contribution in [0.3, 0.4) is 0 Å². The number of nitrogens with two attached hydrogens (primary N) is 1. The third-order valence-corrected chi connectivity index (χ3v) is 21.3. The molecule has 24 heteroatoms. The van der Waals surface area contributed by atoms with Crippen molar-refractivity contribution in [3.8, 4) is 0 Å². The van der Waals surface area contributed by atoms with Crippen molar-refractivity contribution < 1.29 is 83.9 Å². The molecule has 0 aliphatic rings. The summed E-state index contributed by atoms with van der Waals surface area (Å²) in [5.41, 5.74) is 4.88. The highest BCUT2D eigenvalue weighted by Gasteiger charge is 2.32. The standard InChI is InChI=1S/C46H87N2O10P.C41H79N2O8P/c1-9-13-16-19-20-21-22-25-28-31-44(50)57-42(30-27-24-18-15-11-3)37-43(49)48-41(38-53-35-32-40(5)29-26-23-17-14-10-2)39-56-59(52,54-34-12-4)55-36-33-47-45(51)58-46(6,7)8;1-6-10-13-16-17-18-19-22-25-28-41(45)51-39(27-24-21-15-12-8-3)34-40(44)43-38(36-50-52(46,48-31-9-4)49-33-30-42)35-47-32-29-37(5)26-23-20-14-11-7-2/h12,21-22,40-42H,4,9-11,13-20,23-39H2,1-3,5-8H3,(H,47,51)(H,48,49);9,18-19,37-39H,4,6-8,10-17,20-36,42H2,1-3,5H3,(H,43,44)/b22-21-;19-18-/t40-,41?,42-,59?;37-,38?,39-,52?/m11/s1. The van der Waals surface area contributed by atoms with Crippen molar-refractivity contribution in [3.63, 3.8) is 0 Å². The third kappa shape index (κ3) is 74.8. The number of rotatable bonds is 79. The Hall–Kier alpha value is -3.79. The van der Waals surface area contributed by atoms with Crippen molar-refractivity contribution in [2.75, 3.05) is 79.2 Å². The molecule has 0 saturated heterocycles. The van der Waals surface area contributed by atoms with E-state index in [1.165, 1.54) is 128 Å². The molecule has 0 rings (SSSR count). The van der Waals surface area contributed by atoms with Gasteiger partial charge in [0, 0.05) is 39.1 Å². The fraction of sp³-hybridized carbons (Fsp3) is 0.851. The molecular formula is C87H166N4O18P2. The maximum atomic E-state index is 13.6. The van der Waals surface area contributed by atoms with Gasteiger partial charge in [-0.1, -0.05) is 259 Å². The number of ether oxygens (including phenoxy) is 5. The summed E-state index contributed by atoms with van der Waals surface area (Å²) >= 11 is 0. The number of allylic oxidation sites excluding steroid dienone is 4. The van der Waals surface area contributed by atoms with Gasteiger partial charge in [0.05, 0.1) is 77.8 Å². The summed E-state index contributed by atoms with van der Waals surface area (Å²) in [5.74, 6) is -0.168. The van der Waals surface area contributed by atoms with Gasteiger partial charge >= 0.3 is 33.7 Å².